The molecule has 0 aromatic heterocycles. The number of amides is 1. The summed E-state index contributed by atoms with van der Waals surface area (Å²) in [4.78, 5) is 13.0. The van der Waals surface area contributed by atoms with Gasteiger partial charge < -0.3 is 40.3 Å². The van der Waals surface area contributed by atoms with Crippen LogP contribution in [0.25, 0.3) is 0 Å². The molecular weight excluding hydrogens is 839 g/mol. The van der Waals surface area contributed by atoms with E-state index in [0.29, 0.717) is 6.42 Å². The molecule has 1 saturated heterocycles. The lowest BCUT2D eigenvalue weighted by atomic mass is 9.99. The van der Waals surface area contributed by atoms with Gasteiger partial charge in [-0.2, -0.15) is 0 Å². The van der Waals surface area contributed by atoms with Gasteiger partial charge in [0.2, 0.25) is 5.91 Å². The van der Waals surface area contributed by atoms with E-state index >= 15 is 0 Å². The monoisotopic (exact) mass is 948 g/mol. The van der Waals surface area contributed by atoms with Gasteiger partial charge in [-0.3, -0.25) is 4.79 Å². The summed E-state index contributed by atoms with van der Waals surface area (Å²) in [7, 11) is 0. The molecule has 9 heteroatoms. The third kappa shape index (κ3) is 37.9. The van der Waals surface area contributed by atoms with Gasteiger partial charge in [-0.05, 0) is 44.9 Å². The Morgan fingerprint density at radius 3 is 1.25 bits per heavy atom. The third-order valence-electron chi connectivity index (χ3n) is 13.7. The van der Waals surface area contributed by atoms with Gasteiger partial charge in [-0.25, -0.2) is 0 Å². The van der Waals surface area contributed by atoms with Crippen LogP contribution in [0.4, 0.5) is 0 Å². The molecule has 1 fully saturated rings. The molecule has 6 N–H and O–H groups in total. The first kappa shape index (κ1) is 63.4. The Morgan fingerprint density at radius 2 is 0.851 bits per heavy atom. The highest BCUT2D eigenvalue weighted by atomic mass is 16.7. The number of nitrogens with one attached hydrogen (secondary N) is 1. The summed E-state index contributed by atoms with van der Waals surface area (Å²) in [6.07, 6.45) is 55.0. The molecule has 7 atom stereocenters. The van der Waals surface area contributed by atoms with Crippen LogP contribution in [0.5, 0.6) is 0 Å². The molecule has 0 aromatic rings. The fourth-order valence-corrected chi connectivity index (χ4v) is 9.13. The standard InChI is InChI=1S/C58H109NO8/c1-3-5-7-9-11-13-15-17-19-21-22-23-24-25-26-27-28-29-30-31-32-33-35-37-39-41-43-45-47-52(61)51(50-66-58-57(65)56(64)55(63)53(49-60)67-58)59-54(62)48-46-44-42-40-38-36-34-20-18-16-14-12-10-8-6-4-2/h31-32,37,39,45,47,51-53,55-58,60-61,63-65H,3-30,33-36,38,40-44,46,48-50H2,1-2H3,(H,59,62)/b32-31+,39-37+,47-45+. The molecule has 0 bridgehead atoms. The minimum absolute atomic E-state index is 0.187. The van der Waals surface area contributed by atoms with Crippen molar-refractivity contribution < 1.29 is 39.8 Å². The number of hydrogen-bond acceptors (Lipinski definition) is 8. The van der Waals surface area contributed by atoms with Gasteiger partial charge in [0, 0.05) is 6.42 Å². The zero-order chi connectivity index (χ0) is 48.7. The Bertz CT molecular complexity index is 1150. The van der Waals surface area contributed by atoms with Gasteiger partial charge in [0.25, 0.3) is 0 Å². The van der Waals surface area contributed by atoms with Crippen LogP contribution in [0, 0.1) is 0 Å². The van der Waals surface area contributed by atoms with E-state index in [0.717, 1.165) is 44.9 Å². The fourth-order valence-electron chi connectivity index (χ4n) is 9.13. The molecule has 394 valence electrons. The number of unbranched alkanes of at least 4 members (excludes halogenated alkanes) is 35. The molecule has 67 heavy (non-hydrogen) atoms. The minimum atomic E-state index is -1.57. The molecule has 1 aliphatic heterocycles. The highest BCUT2D eigenvalue weighted by Gasteiger charge is 2.44. The molecule has 0 aliphatic carbocycles. The molecule has 0 saturated carbocycles. The smallest absolute Gasteiger partial charge is 0.220 e. The summed E-state index contributed by atoms with van der Waals surface area (Å²) in [5, 5.41) is 54.4. The number of aliphatic hydroxyl groups is 5. The molecular formula is C58H109NO8. The maximum Gasteiger partial charge on any atom is 0.220 e. The Balaban J connectivity index is 2.24. The Hall–Kier alpha value is -1.59. The normalized spacial score (nSPS) is 19.9. The van der Waals surface area contributed by atoms with E-state index in [1.54, 1.807) is 6.08 Å². The van der Waals surface area contributed by atoms with Crippen LogP contribution in [0.2, 0.25) is 0 Å². The molecule has 1 amide bonds. The summed E-state index contributed by atoms with van der Waals surface area (Å²) in [6.45, 7) is 3.78. The van der Waals surface area contributed by atoms with Gasteiger partial charge in [0.1, 0.15) is 24.4 Å². The molecule has 1 rings (SSSR count). The van der Waals surface area contributed by atoms with E-state index in [-0.39, 0.29) is 12.5 Å². The first-order valence-electron chi connectivity index (χ1n) is 28.7. The second-order valence-corrected chi connectivity index (χ2v) is 20.1. The van der Waals surface area contributed by atoms with Crippen LogP contribution >= 0.6 is 0 Å². The van der Waals surface area contributed by atoms with Crippen molar-refractivity contribution in [3.63, 3.8) is 0 Å². The van der Waals surface area contributed by atoms with Crippen LogP contribution in [0.15, 0.2) is 36.5 Å². The SMILES string of the molecule is CCCCCCCCCCCCCCCCCCCC/C=C/CC/C=C/CC/C=C/C(O)C(COC1OC(CO)C(O)C(O)C1O)NC(=O)CCCCCCCCCCCCCCCCCC. The highest BCUT2D eigenvalue weighted by molar-refractivity contribution is 5.76. The zero-order valence-corrected chi connectivity index (χ0v) is 43.7. The van der Waals surface area contributed by atoms with Crippen LogP contribution in [-0.4, -0.2) is 87.5 Å². The number of allylic oxidation sites excluding steroid dienone is 5. The highest BCUT2D eigenvalue weighted by Crippen LogP contribution is 2.23. The van der Waals surface area contributed by atoms with E-state index in [1.165, 1.54) is 205 Å². The van der Waals surface area contributed by atoms with Gasteiger partial charge in [-0.15, -0.1) is 0 Å². The molecule has 0 aromatic carbocycles. The van der Waals surface area contributed by atoms with E-state index < -0.39 is 49.5 Å². The Labute approximate surface area is 412 Å². The summed E-state index contributed by atoms with van der Waals surface area (Å²) >= 11 is 0. The predicted molar refractivity (Wildman–Crippen MR) is 281 cm³/mol. The zero-order valence-electron chi connectivity index (χ0n) is 43.7. The van der Waals surface area contributed by atoms with E-state index in [1.807, 2.05) is 6.08 Å². The van der Waals surface area contributed by atoms with Gasteiger partial charge in [-0.1, -0.05) is 256 Å². The van der Waals surface area contributed by atoms with Crippen LogP contribution in [0.3, 0.4) is 0 Å². The summed E-state index contributed by atoms with van der Waals surface area (Å²) in [5.41, 5.74) is 0. The number of carbonyl (C=O) groups is 1. The predicted octanol–water partition coefficient (Wildman–Crippen LogP) is 14.0. The van der Waals surface area contributed by atoms with E-state index in [4.69, 9.17) is 9.47 Å². The number of hydrogen-bond donors (Lipinski definition) is 6. The molecule has 0 spiro atoms. The van der Waals surface area contributed by atoms with E-state index in [2.05, 4.69) is 43.5 Å². The van der Waals surface area contributed by atoms with Crippen molar-refractivity contribution in [3.8, 4) is 0 Å². The number of aliphatic hydroxyl groups excluding tert-OH is 5. The van der Waals surface area contributed by atoms with Crippen molar-refractivity contribution in [2.75, 3.05) is 13.2 Å². The number of carbonyl (C=O) groups excluding carboxylic acids is 1. The summed E-state index contributed by atoms with van der Waals surface area (Å²) in [5.74, 6) is -0.187. The Kier molecular flexibility index (Phi) is 45.5. The number of rotatable bonds is 49. The topological polar surface area (TPSA) is 149 Å². The quantitative estimate of drug-likeness (QED) is 0.0261. The molecule has 9 nitrogen and oxygen atoms in total. The molecule has 0 radical (unpaired) electrons. The van der Waals surface area contributed by atoms with Crippen molar-refractivity contribution >= 4 is 5.91 Å². The minimum Gasteiger partial charge on any atom is -0.394 e. The van der Waals surface area contributed by atoms with Crippen molar-refractivity contribution in [3.05, 3.63) is 36.5 Å². The summed E-state index contributed by atoms with van der Waals surface area (Å²) in [6, 6.07) is -0.826. The first-order valence-corrected chi connectivity index (χ1v) is 28.7. The summed E-state index contributed by atoms with van der Waals surface area (Å²) < 4.78 is 11.2. The van der Waals surface area contributed by atoms with Crippen molar-refractivity contribution in [1.29, 1.82) is 0 Å². The maximum absolute atomic E-state index is 13.0. The van der Waals surface area contributed by atoms with Gasteiger partial charge >= 0.3 is 0 Å². The third-order valence-corrected chi connectivity index (χ3v) is 13.7. The van der Waals surface area contributed by atoms with Crippen LogP contribution in [0.1, 0.15) is 271 Å². The van der Waals surface area contributed by atoms with Crippen LogP contribution < -0.4 is 5.32 Å². The maximum atomic E-state index is 13.0. The van der Waals surface area contributed by atoms with E-state index in [9.17, 15) is 30.3 Å². The number of ether oxygens (including phenoxy) is 2. The average Bonchev–Trinajstić information content (AvgIpc) is 3.33. The van der Waals surface area contributed by atoms with Crippen molar-refractivity contribution in [2.45, 2.75) is 314 Å². The van der Waals surface area contributed by atoms with Crippen LogP contribution in [-0.2, 0) is 14.3 Å². The van der Waals surface area contributed by atoms with Gasteiger partial charge in [0.05, 0.1) is 25.4 Å². The second-order valence-electron chi connectivity index (χ2n) is 20.1. The lowest BCUT2D eigenvalue weighted by Crippen LogP contribution is -2.60. The largest absolute Gasteiger partial charge is 0.394 e. The van der Waals surface area contributed by atoms with Crippen molar-refractivity contribution in [2.24, 2.45) is 0 Å². The molecule has 1 heterocycles. The Morgan fingerprint density at radius 1 is 0.493 bits per heavy atom. The molecule has 1 aliphatic rings. The molecule has 7 unspecified atom stereocenters. The van der Waals surface area contributed by atoms with Crippen molar-refractivity contribution in [1.82, 2.24) is 5.32 Å². The second kappa shape index (κ2) is 48.1. The first-order chi connectivity index (χ1) is 32.8. The fraction of sp³-hybridized carbons (Fsp3) is 0.879. The lowest BCUT2D eigenvalue weighted by Gasteiger charge is -2.40. The van der Waals surface area contributed by atoms with Gasteiger partial charge in [0.15, 0.2) is 6.29 Å². The average molecular weight is 949 g/mol. The lowest BCUT2D eigenvalue weighted by molar-refractivity contribution is -0.302.